The van der Waals surface area contributed by atoms with Gasteiger partial charge < -0.3 is 5.32 Å². The Balaban J connectivity index is 1.99. The van der Waals surface area contributed by atoms with Gasteiger partial charge in [0.2, 0.25) is 0 Å². The molecule has 3 rings (SSSR count). The molecule has 140 valence electrons. The zero-order valence-corrected chi connectivity index (χ0v) is 16.7. The number of nitrogens with zero attached hydrogens (tertiary/aromatic N) is 4. The first-order valence-corrected chi connectivity index (χ1v) is 9.32. The average molecular weight is 487 g/mol. The number of hydrogen-bond acceptors (Lipinski definition) is 5. The highest BCUT2D eigenvalue weighted by Crippen LogP contribution is 2.26. The van der Waals surface area contributed by atoms with Crippen molar-refractivity contribution in [2.45, 2.75) is 13.0 Å². The van der Waals surface area contributed by atoms with Crippen molar-refractivity contribution in [3.8, 4) is 17.3 Å². The van der Waals surface area contributed by atoms with E-state index in [1.54, 1.807) is 30.5 Å². The number of nitriles is 1. The van der Waals surface area contributed by atoms with E-state index in [0.717, 1.165) is 3.57 Å². The Bertz CT molecular complexity index is 1070. The highest BCUT2D eigenvalue weighted by atomic mass is 127. The van der Waals surface area contributed by atoms with Crippen LogP contribution in [0, 0.1) is 25.0 Å². The fourth-order valence-electron chi connectivity index (χ4n) is 2.58. The molecule has 0 fully saturated rings. The van der Waals surface area contributed by atoms with Crippen LogP contribution in [0.4, 0.5) is 11.4 Å². The van der Waals surface area contributed by atoms with E-state index >= 15 is 0 Å². The fraction of sp³-hybridized carbons (Fsp3) is 0.105. The summed E-state index contributed by atoms with van der Waals surface area (Å²) in [5.74, 6) is -0.383. The lowest BCUT2D eigenvalue weighted by molar-refractivity contribution is -0.384. The Morgan fingerprint density at radius 2 is 2.04 bits per heavy atom. The van der Waals surface area contributed by atoms with Crippen molar-refractivity contribution >= 4 is 39.9 Å². The summed E-state index contributed by atoms with van der Waals surface area (Å²) in [6.45, 7) is 0.315. The molecule has 0 radical (unpaired) electrons. The Labute approximate surface area is 174 Å². The largest absolute Gasteiger partial charge is 0.322 e. The third-order valence-electron chi connectivity index (χ3n) is 3.89. The number of rotatable bonds is 6. The molecule has 0 saturated heterocycles. The predicted molar refractivity (Wildman–Crippen MR) is 112 cm³/mol. The first-order chi connectivity index (χ1) is 13.5. The second-order valence-corrected chi connectivity index (χ2v) is 7.08. The van der Waals surface area contributed by atoms with Gasteiger partial charge in [-0.2, -0.15) is 10.4 Å². The first-order valence-electron chi connectivity index (χ1n) is 8.24. The van der Waals surface area contributed by atoms with Gasteiger partial charge in [-0.3, -0.25) is 19.6 Å². The van der Waals surface area contributed by atoms with Crippen LogP contribution in [-0.4, -0.2) is 20.6 Å². The second-order valence-electron chi connectivity index (χ2n) is 5.83. The maximum absolute atomic E-state index is 12.8. The summed E-state index contributed by atoms with van der Waals surface area (Å²) in [4.78, 5) is 23.4. The zero-order valence-electron chi connectivity index (χ0n) is 14.5. The van der Waals surface area contributed by atoms with Crippen molar-refractivity contribution in [3.63, 3.8) is 0 Å². The first kappa shape index (κ1) is 19.5. The lowest BCUT2D eigenvalue weighted by Gasteiger charge is -2.06. The van der Waals surface area contributed by atoms with Gasteiger partial charge in [-0.25, -0.2) is 0 Å². The lowest BCUT2D eigenvalue weighted by atomic mass is 10.1. The van der Waals surface area contributed by atoms with Crippen LogP contribution in [-0.2, 0) is 6.54 Å². The molecule has 1 amide bonds. The molecule has 2 aromatic carbocycles. The molecule has 3 aromatic rings. The van der Waals surface area contributed by atoms with Crippen molar-refractivity contribution in [1.82, 2.24) is 9.78 Å². The van der Waals surface area contributed by atoms with Crippen LogP contribution in [0.1, 0.15) is 16.8 Å². The van der Waals surface area contributed by atoms with Gasteiger partial charge in [0, 0.05) is 33.2 Å². The molecule has 0 saturated carbocycles. The van der Waals surface area contributed by atoms with Crippen molar-refractivity contribution in [3.05, 3.63) is 74.0 Å². The summed E-state index contributed by atoms with van der Waals surface area (Å²) in [5, 5.41) is 27.1. The van der Waals surface area contributed by atoms with Crippen LogP contribution < -0.4 is 5.32 Å². The molecule has 0 bridgehead atoms. The number of nitrogens with one attached hydrogen (secondary N) is 1. The van der Waals surface area contributed by atoms with Gasteiger partial charge in [-0.05, 0) is 46.9 Å². The van der Waals surface area contributed by atoms with E-state index in [2.05, 4.69) is 33.0 Å². The Hall–Kier alpha value is -3.26. The van der Waals surface area contributed by atoms with E-state index in [9.17, 15) is 14.9 Å². The Morgan fingerprint density at radius 1 is 1.29 bits per heavy atom. The average Bonchev–Trinajstić information content (AvgIpc) is 3.12. The van der Waals surface area contributed by atoms with E-state index in [-0.39, 0.29) is 23.6 Å². The third kappa shape index (κ3) is 4.52. The summed E-state index contributed by atoms with van der Waals surface area (Å²) >= 11 is 2.17. The Morgan fingerprint density at radius 3 is 2.71 bits per heavy atom. The van der Waals surface area contributed by atoms with Crippen LogP contribution in [0.15, 0.2) is 54.7 Å². The standard InChI is InChI=1S/C19H14IN5O3/c20-14-5-7-15(8-6-14)22-19(26)17-12-24(10-2-9-21)23-18(17)13-3-1-4-16(11-13)25(27)28/h1,3-8,11-12H,2,10H2,(H,22,26). The van der Waals surface area contributed by atoms with Crippen molar-refractivity contribution in [1.29, 1.82) is 5.26 Å². The molecule has 0 aliphatic rings. The van der Waals surface area contributed by atoms with Gasteiger partial charge in [0.15, 0.2) is 0 Å². The van der Waals surface area contributed by atoms with Crippen molar-refractivity contribution < 1.29 is 9.72 Å². The minimum atomic E-state index is -0.499. The molecule has 0 aliphatic heterocycles. The van der Waals surface area contributed by atoms with Gasteiger partial charge in [-0.1, -0.05) is 12.1 Å². The maximum Gasteiger partial charge on any atom is 0.270 e. The highest BCUT2D eigenvalue weighted by Gasteiger charge is 2.20. The normalized spacial score (nSPS) is 10.3. The number of benzene rings is 2. The summed E-state index contributed by atoms with van der Waals surface area (Å²) in [6, 6.07) is 15.3. The van der Waals surface area contributed by atoms with Crippen LogP contribution >= 0.6 is 22.6 Å². The number of nitro groups is 1. The number of hydrogen-bond donors (Lipinski definition) is 1. The monoisotopic (exact) mass is 487 g/mol. The number of non-ortho nitro benzene ring substituents is 1. The maximum atomic E-state index is 12.8. The number of nitro benzene ring substituents is 1. The molecule has 0 unspecified atom stereocenters. The minimum absolute atomic E-state index is 0.0898. The smallest absolute Gasteiger partial charge is 0.270 e. The summed E-state index contributed by atoms with van der Waals surface area (Å²) in [7, 11) is 0. The van der Waals surface area contributed by atoms with Crippen molar-refractivity contribution in [2.75, 3.05) is 5.32 Å². The number of anilines is 1. The predicted octanol–water partition coefficient (Wildman–Crippen LogP) is 4.23. The van der Waals surface area contributed by atoms with Crippen LogP contribution in [0.5, 0.6) is 0 Å². The molecule has 0 aliphatic carbocycles. The third-order valence-corrected chi connectivity index (χ3v) is 4.61. The number of amides is 1. The van der Waals surface area contributed by atoms with Crippen LogP contribution in [0.3, 0.4) is 0 Å². The number of carbonyl (C=O) groups is 1. The summed E-state index contributed by atoms with van der Waals surface area (Å²) in [6.07, 6.45) is 1.78. The van der Waals surface area contributed by atoms with Crippen molar-refractivity contribution in [2.24, 2.45) is 0 Å². The van der Waals surface area contributed by atoms with E-state index in [4.69, 9.17) is 5.26 Å². The number of halogens is 1. The quantitative estimate of drug-likeness (QED) is 0.318. The molecular weight excluding hydrogens is 473 g/mol. The van der Waals surface area contributed by atoms with Crippen LogP contribution in [0.25, 0.3) is 11.3 Å². The zero-order chi connectivity index (χ0) is 20.1. The SMILES string of the molecule is N#CCCn1cc(C(=O)Nc2ccc(I)cc2)c(-c2cccc([N+](=O)[O-])c2)n1. The molecule has 1 N–H and O–H groups in total. The van der Waals surface area contributed by atoms with Gasteiger partial charge >= 0.3 is 0 Å². The Kier molecular flexibility index (Phi) is 6.00. The van der Waals surface area contributed by atoms with Gasteiger partial charge in [-0.15, -0.1) is 0 Å². The molecule has 9 heteroatoms. The van der Waals surface area contributed by atoms with Gasteiger partial charge in [0.05, 0.1) is 29.5 Å². The summed E-state index contributed by atoms with van der Waals surface area (Å²) in [5.41, 5.74) is 1.59. The minimum Gasteiger partial charge on any atom is -0.322 e. The topological polar surface area (TPSA) is 114 Å². The molecule has 0 spiro atoms. The van der Waals surface area contributed by atoms with Crippen LogP contribution in [0.2, 0.25) is 0 Å². The van der Waals surface area contributed by atoms with Gasteiger partial charge in [0.1, 0.15) is 5.69 Å². The number of aromatic nitrogens is 2. The lowest BCUT2D eigenvalue weighted by Crippen LogP contribution is -2.12. The molecule has 0 atom stereocenters. The van der Waals surface area contributed by atoms with E-state index in [1.807, 2.05) is 18.2 Å². The number of aryl methyl sites for hydroxylation is 1. The fourth-order valence-corrected chi connectivity index (χ4v) is 2.94. The van der Waals surface area contributed by atoms with E-state index in [1.165, 1.54) is 16.8 Å². The number of carbonyl (C=O) groups excluding carboxylic acids is 1. The molecule has 1 aromatic heterocycles. The molecular formula is C19H14IN5O3. The van der Waals surface area contributed by atoms with E-state index < -0.39 is 4.92 Å². The highest BCUT2D eigenvalue weighted by molar-refractivity contribution is 14.1. The molecule has 8 nitrogen and oxygen atoms in total. The summed E-state index contributed by atoms with van der Waals surface area (Å²) < 4.78 is 2.54. The molecule has 28 heavy (non-hydrogen) atoms. The van der Waals surface area contributed by atoms with Gasteiger partial charge in [0.25, 0.3) is 11.6 Å². The molecule has 1 heterocycles. The second kappa shape index (κ2) is 8.62. The van der Waals surface area contributed by atoms with E-state index in [0.29, 0.717) is 23.5 Å².